The van der Waals surface area contributed by atoms with Gasteiger partial charge in [0.05, 0.1) is 20.8 Å². The second-order valence-corrected chi connectivity index (χ2v) is 5.71. The van der Waals surface area contributed by atoms with Gasteiger partial charge in [0.1, 0.15) is 0 Å². The molecule has 3 aromatic rings. The van der Waals surface area contributed by atoms with Gasteiger partial charge in [0.15, 0.2) is 0 Å². The van der Waals surface area contributed by atoms with Crippen LogP contribution in [0.15, 0.2) is 29.1 Å². The number of rotatable bonds is 2. The highest BCUT2D eigenvalue weighted by Crippen LogP contribution is 2.22. The van der Waals surface area contributed by atoms with Gasteiger partial charge in [-0.3, -0.25) is 9.89 Å². The number of fused-ring (bicyclic) bond motifs is 1. The van der Waals surface area contributed by atoms with Gasteiger partial charge in [0.2, 0.25) is 5.13 Å². The van der Waals surface area contributed by atoms with Crippen molar-refractivity contribution in [3.63, 3.8) is 0 Å². The number of hydrogen-bond donors (Lipinski definition) is 1. The first-order chi connectivity index (χ1) is 9.56. The molecule has 3 rings (SSSR count). The summed E-state index contributed by atoms with van der Waals surface area (Å²) >= 11 is 1.47. The molecule has 0 spiro atoms. The molecule has 0 saturated heterocycles. The van der Waals surface area contributed by atoms with E-state index in [1.54, 1.807) is 6.20 Å². The Bertz CT molecular complexity index is 899. The number of aromatic nitrogens is 3. The summed E-state index contributed by atoms with van der Waals surface area (Å²) in [6.07, 6.45) is 1.75. The average Bonchev–Trinajstić information content (AvgIpc) is 2.94. The highest BCUT2D eigenvalue weighted by atomic mass is 32.1. The van der Waals surface area contributed by atoms with Gasteiger partial charge in [-0.25, -0.2) is 4.98 Å². The molecule has 102 valence electrons. The summed E-state index contributed by atoms with van der Waals surface area (Å²) in [7, 11) is 3.74. The van der Waals surface area contributed by atoms with E-state index in [2.05, 4.69) is 16.7 Å². The summed E-state index contributed by atoms with van der Waals surface area (Å²) in [4.78, 5) is 18.7. The number of para-hydroxylation sites is 1. The van der Waals surface area contributed by atoms with Crippen LogP contribution in [0.1, 0.15) is 0 Å². The van der Waals surface area contributed by atoms with Gasteiger partial charge in [-0.1, -0.05) is 30.0 Å². The lowest BCUT2D eigenvalue weighted by Gasteiger charge is -2.00. The zero-order valence-corrected chi connectivity index (χ0v) is 12.1. The Kier molecular flexibility index (Phi) is 2.94. The van der Waals surface area contributed by atoms with Crippen LogP contribution in [0.4, 0.5) is 0 Å². The van der Waals surface area contributed by atoms with E-state index in [-0.39, 0.29) is 5.56 Å². The van der Waals surface area contributed by atoms with Crippen LogP contribution in [0.5, 0.6) is 0 Å². The quantitative estimate of drug-likeness (QED) is 0.746. The molecule has 0 aliphatic rings. The van der Waals surface area contributed by atoms with E-state index in [1.807, 2.05) is 43.3 Å². The standard InChI is InChI=1S/C14H14N4OS/c1-9-10(8-17(2)3)13(19)18(16-9)14-15-11-6-4-5-7-12(11)20-14/h4-8,16H,1H2,2-3H3/b10-8+. The molecule has 0 saturated carbocycles. The Morgan fingerprint density at radius 1 is 1.40 bits per heavy atom. The third-order valence-electron chi connectivity index (χ3n) is 2.87. The molecule has 2 heterocycles. The molecule has 0 radical (unpaired) electrons. The number of nitrogens with one attached hydrogen (secondary N) is 1. The number of H-pyrrole nitrogens is 1. The first-order valence-corrected chi connectivity index (χ1v) is 6.92. The summed E-state index contributed by atoms with van der Waals surface area (Å²) in [6.45, 7) is 3.88. The van der Waals surface area contributed by atoms with Crippen LogP contribution in [0.25, 0.3) is 28.1 Å². The highest BCUT2D eigenvalue weighted by molar-refractivity contribution is 7.20. The fourth-order valence-electron chi connectivity index (χ4n) is 1.98. The van der Waals surface area contributed by atoms with E-state index >= 15 is 0 Å². The van der Waals surface area contributed by atoms with E-state index in [0.717, 1.165) is 10.2 Å². The summed E-state index contributed by atoms with van der Waals surface area (Å²) in [5.74, 6) is 0. The van der Waals surface area contributed by atoms with Crippen molar-refractivity contribution >= 4 is 34.3 Å². The SMILES string of the molecule is C=c1[nH]n(-c2nc3ccccc3s2)c(=O)/c1=C/N(C)C. The van der Waals surface area contributed by atoms with Gasteiger partial charge in [-0.15, -0.1) is 0 Å². The summed E-state index contributed by atoms with van der Waals surface area (Å²) < 4.78 is 2.50. The number of benzene rings is 1. The van der Waals surface area contributed by atoms with Crippen LogP contribution in [0.3, 0.4) is 0 Å². The van der Waals surface area contributed by atoms with Crippen molar-refractivity contribution in [2.75, 3.05) is 14.1 Å². The number of thiazole rings is 1. The Labute approximate surface area is 119 Å². The van der Waals surface area contributed by atoms with Gasteiger partial charge < -0.3 is 4.90 Å². The molecule has 0 unspecified atom stereocenters. The van der Waals surface area contributed by atoms with Crippen LogP contribution < -0.4 is 16.1 Å². The molecule has 0 bridgehead atoms. The molecular formula is C14H14N4OS. The third kappa shape index (κ3) is 2.04. The Morgan fingerprint density at radius 2 is 2.15 bits per heavy atom. The normalized spacial score (nSPS) is 12.2. The second kappa shape index (κ2) is 4.64. The fraction of sp³-hybridized carbons (Fsp3) is 0.143. The van der Waals surface area contributed by atoms with Crippen molar-refractivity contribution in [1.82, 2.24) is 19.7 Å². The van der Waals surface area contributed by atoms with Crippen molar-refractivity contribution in [3.05, 3.63) is 45.2 Å². The maximum absolute atomic E-state index is 12.4. The first kappa shape index (κ1) is 12.7. The molecule has 2 aromatic heterocycles. The van der Waals surface area contributed by atoms with Gasteiger partial charge in [0.25, 0.3) is 5.56 Å². The smallest absolute Gasteiger partial charge is 0.282 e. The van der Waals surface area contributed by atoms with Gasteiger partial charge in [0, 0.05) is 20.3 Å². The van der Waals surface area contributed by atoms with Crippen LogP contribution in [0.2, 0.25) is 0 Å². The Balaban J connectivity index is 2.26. The lowest BCUT2D eigenvalue weighted by molar-refractivity contribution is 0.613. The minimum atomic E-state index is -0.136. The van der Waals surface area contributed by atoms with Crippen LogP contribution in [0, 0.1) is 0 Å². The average molecular weight is 286 g/mol. The number of aromatic amines is 1. The monoisotopic (exact) mass is 286 g/mol. The van der Waals surface area contributed by atoms with E-state index < -0.39 is 0 Å². The summed E-state index contributed by atoms with van der Waals surface area (Å²) in [5, 5.41) is 4.74. The van der Waals surface area contributed by atoms with Gasteiger partial charge in [-0.05, 0) is 12.1 Å². The van der Waals surface area contributed by atoms with Crippen LogP contribution in [-0.4, -0.2) is 33.8 Å². The Hall–Kier alpha value is -2.34. The predicted octanol–water partition coefficient (Wildman–Crippen LogP) is 0.485. The largest absolute Gasteiger partial charge is 0.383 e. The van der Waals surface area contributed by atoms with E-state index in [1.165, 1.54) is 16.0 Å². The second-order valence-electron chi connectivity index (χ2n) is 4.70. The molecule has 0 aliphatic carbocycles. The van der Waals surface area contributed by atoms with E-state index in [0.29, 0.717) is 15.7 Å². The van der Waals surface area contributed by atoms with E-state index in [4.69, 9.17) is 0 Å². The minimum Gasteiger partial charge on any atom is -0.383 e. The molecule has 6 heteroatoms. The zero-order chi connectivity index (χ0) is 14.3. The first-order valence-electron chi connectivity index (χ1n) is 6.10. The zero-order valence-electron chi connectivity index (χ0n) is 11.3. The lowest BCUT2D eigenvalue weighted by Crippen LogP contribution is -2.35. The molecule has 0 amide bonds. The van der Waals surface area contributed by atoms with Gasteiger partial charge in [-0.2, -0.15) is 4.68 Å². The van der Waals surface area contributed by atoms with Crippen molar-refractivity contribution in [3.8, 4) is 5.13 Å². The summed E-state index contributed by atoms with van der Waals surface area (Å²) in [5.41, 5.74) is 0.750. The minimum absolute atomic E-state index is 0.136. The molecule has 1 N–H and O–H groups in total. The molecule has 20 heavy (non-hydrogen) atoms. The van der Waals surface area contributed by atoms with Crippen molar-refractivity contribution in [1.29, 1.82) is 0 Å². The van der Waals surface area contributed by atoms with Crippen molar-refractivity contribution in [2.24, 2.45) is 0 Å². The Morgan fingerprint density at radius 3 is 2.85 bits per heavy atom. The molecule has 1 aromatic carbocycles. The van der Waals surface area contributed by atoms with Gasteiger partial charge >= 0.3 is 0 Å². The molecular weight excluding hydrogens is 272 g/mol. The third-order valence-corrected chi connectivity index (χ3v) is 3.89. The topological polar surface area (TPSA) is 53.9 Å². The molecule has 0 fully saturated rings. The maximum Gasteiger partial charge on any atom is 0.282 e. The lowest BCUT2D eigenvalue weighted by atomic mass is 10.3. The van der Waals surface area contributed by atoms with E-state index in [9.17, 15) is 4.79 Å². The fourth-order valence-corrected chi connectivity index (χ4v) is 2.90. The van der Waals surface area contributed by atoms with Crippen molar-refractivity contribution < 1.29 is 0 Å². The molecule has 0 atom stereocenters. The predicted molar refractivity (Wildman–Crippen MR) is 82.5 cm³/mol. The number of nitrogens with zero attached hydrogens (tertiary/aromatic N) is 3. The van der Waals surface area contributed by atoms with Crippen molar-refractivity contribution in [2.45, 2.75) is 0 Å². The number of hydrogen-bond acceptors (Lipinski definition) is 4. The van der Waals surface area contributed by atoms with Crippen LogP contribution in [-0.2, 0) is 0 Å². The van der Waals surface area contributed by atoms with Crippen LogP contribution >= 0.6 is 11.3 Å². The molecule has 0 aliphatic heterocycles. The maximum atomic E-state index is 12.4. The highest BCUT2D eigenvalue weighted by Gasteiger charge is 2.09. The molecule has 5 nitrogen and oxygen atoms in total. The summed E-state index contributed by atoms with van der Waals surface area (Å²) in [6, 6.07) is 7.81.